The van der Waals surface area contributed by atoms with E-state index in [4.69, 9.17) is 4.74 Å². The van der Waals surface area contributed by atoms with Crippen molar-refractivity contribution in [1.29, 1.82) is 0 Å². The van der Waals surface area contributed by atoms with Crippen LogP contribution in [0.15, 0.2) is 46.9 Å². The zero-order valence-corrected chi connectivity index (χ0v) is 18.0. The molecule has 4 nitrogen and oxygen atoms in total. The van der Waals surface area contributed by atoms with E-state index in [0.29, 0.717) is 12.5 Å². The van der Waals surface area contributed by atoms with Crippen molar-refractivity contribution in [2.45, 2.75) is 38.3 Å². The quantitative estimate of drug-likeness (QED) is 0.699. The molecule has 0 spiro atoms. The zero-order chi connectivity index (χ0) is 19.5. The summed E-state index contributed by atoms with van der Waals surface area (Å²) < 4.78 is 6.21. The van der Waals surface area contributed by atoms with Gasteiger partial charge in [0.1, 0.15) is 5.75 Å². The van der Waals surface area contributed by atoms with Crippen molar-refractivity contribution >= 4 is 21.8 Å². The number of nitrogens with zero attached hydrogens (tertiary/aromatic N) is 2. The Hall–Kier alpha value is -1.85. The number of hydrogen-bond acceptors (Lipinski definition) is 3. The van der Waals surface area contributed by atoms with Gasteiger partial charge in [-0.15, -0.1) is 0 Å². The van der Waals surface area contributed by atoms with Crippen molar-refractivity contribution in [2.24, 2.45) is 0 Å². The minimum Gasteiger partial charge on any atom is -0.496 e. The molecule has 1 atom stereocenters. The summed E-state index contributed by atoms with van der Waals surface area (Å²) in [6.07, 6.45) is 3.53. The van der Waals surface area contributed by atoms with E-state index in [9.17, 15) is 4.79 Å². The summed E-state index contributed by atoms with van der Waals surface area (Å²) >= 11 is 3.52. The molecule has 0 bridgehead atoms. The Morgan fingerprint density at radius 2 is 2.00 bits per heavy atom. The van der Waals surface area contributed by atoms with Crippen molar-refractivity contribution < 1.29 is 9.53 Å². The molecule has 0 radical (unpaired) electrons. The van der Waals surface area contributed by atoms with Crippen LogP contribution in [0.2, 0.25) is 0 Å². The monoisotopic (exact) mass is 442 g/mol. The number of halogens is 1. The van der Waals surface area contributed by atoms with E-state index in [-0.39, 0.29) is 5.91 Å². The third-order valence-electron chi connectivity index (χ3n) is 6.04. The van der Waals surface area contributed by atoms with Crippen LogP contribution in [0.1, 0.15) is 29.5 Å². The maximum atomic E-state index is 12.7. The number of amides is 1. The fourth-order valence-electron chi connectivity index (χ4n) is 4.37. The van der Waals surface area contributed by atoms with E-state index >= 15 is 0 Å². The van der Waals surface area contributed by atoms with Crippen molar-refractivity contribution in [2.75, 3.05) is 26.7 Å². The first-order valence-corrected chi connectivity index (χ1v) is 10.8. The summed E-state index contributed by atoms with van der Waals surface area (Å²) in [5.41, 5.74) is 4.09. The van der Waals surface area contributed by atoms with Crippen LogP contribution < -0.4 is 4.74 Å². The van der Waals surface area contributed by atoms with Crippen LogP contribution in [0.3, 0.4) is 0 Å². The van der Waals surface area contributed by atoms with Crippen LogP contribution in [0.5, 0.6) is 5.75 Å². The second-order valence-electron chi connectivity index (χ2n) is 7.74. The van der Waals surface area contributed by atoms with E-state index in [2.05, 4.69) is 50.0 Å². The second kappa shape index (κ2) is 8.66. The van der Waals surface area contributed by atoms with E-state index < -0.39 is 0 Å². The average Bonchev–Trinajstić information content (AvgIpc) is 3.22. The van der Waals surface area contributed by atoms with Crippen molar-refractivity contribution in [3.63, 3.8) is 0 Å². The first-order chi connectivity index (χ1) is 13.6. The van der Waals surface area contributed by atoms with Crippen molar-refractivity contribution in [3.8, 4) is 5.75 Å². The number of carbonyl (C=O) groups excluding carboxylic acids is 1. The molecular formula is C23H27BrN2O2. The maximum absolute atomic E-state index is 12.7. The molecule has 148 valence electrons. The van der Waals surface area contributed by atoms with Crippen LogP contribution in [-0.4, -0.2) is 48.5 Å². The fraction of sp³-hybridized carbons (Fsp3) is 0.435. The number of likely N-dealkylation sites (tertiary alicyclic amines) is 1. The molecule has 1 saturated heterocycles. The summed E-state index contributed by atoms with van der Waals surface area (Å²) in [4.78, 5) is 17.3. The van der Waals surface area contributed by atoms with Gasteiger partial charge < -0.3 is 9.64 Å². The van der Waals surface area contributed by atoms with Gasteiger partial charge in [-0.2, -0.15) is 0 Å². The van der Waals surface area contributed by atoms with Gasteiger partial charge in [0, 0.05) is 38.6 Å². The number of benzene rings is 2. The lowest BCUT2D eigenvalue weighted by molar-refractivity contribution is -0.130. The molecule has 0 aromatic heterocycles. The molecule has 5 heteroatoms. The van der Waals surface area contributed by atoms with Crippen LogP contribution in [0.4, 0.5) is 0 Å². The number of fused-ring (bicyclic) bond motifs is 1. The number of aryl methyl sites for hydroxylation is 1. The first-order valence-electron chi connectivity index (χ1n) is 10.0. The minimum atomic E-state index is 0.270. The molecule has 0 aliphatic carbocycles. The fourth-order valence-corrected chi connectivity index (χ4v) is 4.96. The number of methoxy groups -OCH3 is 1. The van der Waals surface area contributed by atoms with Gasteiger partial charge in [-0.3, -0.25) is 9.69 Å². The summed E-state index contributed by atoms with van der Waals surface area (Å²) in [5, 5.41) is 0. The first kappa shape index (κ1) is 19.5. The van der Waals surface area contributed by atoms with Crippen LogP contribution >= 0.6 is 15.9 Å². The summed E-state index contributed by atoms with van der Waals surface area (Å²) in [6.45, 7) is 3.87. The van der Waals surface area contributed by atoms with Crippen molar-refractivity contribution in [1.82, 2.24) is 9.80 Å². The SMILES string of the molecule is COc1ccc(CCC(=O)N2CCC(N3CCc4ccccc4C3)C2)cc1Br. The zero-order valence-electron chi connectivity index (χ0n) is 16.4. The molecular weight excluding hydrogens is 416 g/mol. The van der Waals surface area contributed by atoms with Gasteiger partial charge in [0.25, 0.3) is 0 Å². The van der Waals surface area contributed by atoms with Crippen LogP contribution in [0, 0.1) is 0 Å². The number of ether oxygens (including phenoxy) is 1. The Bertz CT molecular complexity index is 854. The van der Waals surface area contributed by atoms with E-state index in [1.807, 2.05) is 18.2 Å². The summed E-state index contributed by atoms with van der Waals surface area (Å²) in [6, 6.07) is 15.3. The molecule has 2 aliphatic heterocycles. The highest BCUT2D eigenvalue weighted by molar-refractivity contribution is 9.10. The van der Waals surface area contributed by atoms with E-state index in [1.165, 1.54) is 11.1 Å². The maximum Gasteiger partial charge on any atom is 0.222 e. The van der Waals surface area contributed by atoms with Gasteiger partial charge in [0.15, 0.2) is 0 Å². The Kier molecular flexibility index (Phi) is 6.02. The molecule has 0 N–H and O–H groups in total. The van der Waals surface area contributed by atoms with Gasteiger partial charge in [0.2, 0.25) is 5.91 Å². The Balaban J connectivity index is 1.29. The van der Waals surface area contributed by atoms with Gasteiger partial charge in [-0.1, -0.05) is 30.3 Å². The highest BCUT2D eigenvalue weighted by atomic mass is 79.9. The lowest BCUT2D eigenvalue weighted by atomic mass is 9.98. The van der Waals surface area contributed by atoms with Gasteiger partial charge in [-0.25, -0.2) is 0 Å². The molecule has 1 amide bonds. The molecule has 2 aliphatic rings. The van der Waals surface area contributed by atoms with Gasteiger partial charge in [0.05, 0.1) is 11.6 Å². The number of rotatable bonds is 5. The average molecular weight is 443 g/mol. The Labute approximate surface area is 175 Å². The highest BCUT2D eigenvalue weighted by Crippen LogP contribution is 2.27. The van der Waals surface area contributed by atoms with Crippen LogP contribution in [-0.2, 0) is 24.2 Å². The number of carbonyl (C=O) groups is 1. The predicted octanol–water partition coefficient (Wildman–Crippen LogP) is 4.05. The van der Waals surface area contributed by atoms with E-state index in [1.54, 1.807) is 7.11 Å². The smallest absolute Gasteiger partial charge is 0.222 e. The minimum absolute atomic E-state index is 0.270. The largest absolute Gasteiger partial charge is 0.496 e. The molecule has 2 aromatic rings. The third-order valence-corrected chi connectivity index (χ3v) is 6.66. The van der Waals surface area contributed by atoms with Gasteiger partial charge in [-0.05, 0) is 64.0 Å². The van der Waals surface area contributed by atoms with Crippen molar-refractivity contribution in [3.05, 3.63) is 63.6 Å². The summed E-state index contributed by atoms with van der Waals surface area (Å²) in [7, 11) is 1.66. The predicted molar refractivity (Wildman–Crippen MR) is 115 cm³/mol. The molecule has 2 aromatic carbocycles. The lowest BCUT2D eigenvalue weighted by Crippen LogP contribution is -2.41. The lowest BCUT2D eigenvalue weighted by Gasteiger charge is -2.33. The molecule has 0 saturated carbocycles. The standard InChI is InChI=1S/C23H27BrN2O2/c1-28-22-8-6-17(14-21(22)24)7-9-23(27)26-13-11-20(16-26)25-12-10-18-4-2-3-5-19(18)15-25/h2-6,8,14,20H,7,9-13,15-16H2,1H3. The van der Waals surface area contributed by atoms with Crippen LogP contribution in [0.25, 0.3) is 0 Å². The summed E-state index contributed by atoms with van der Waals surface area (Å²) in [5.74, 6) is 1.09. The molecule has 1 fully saturated rings. The molecule has 28 heavy (non-hydrogen) atoms. The highest BCUT2D eigenvalue weighted by Gasteiger charge is 2.31. The molecule has 1 unspecified atom stereocenters. The topological polar surface area (TPSA) is 32.8 Å². The normalized spacial score (nSPS) is 19.5. The Morgan fingerprint density at radius 3 is 2.79 bits per heavy atom. The third kappa shape index (κ3) is 4.26. The molecule has 2 heterocycles. The van der Waals surface area contributed by atoms with E-state index in [0.717, 1.165) is 61.2 Å². The Morgan fingerprint density at radius 1 is 1.18 bits per heavy atom. The second-order valence-corrected chi connectivity index (χ2v) is 8.59. The van der Waals surface area contributed by atoms with Gasteiger partial charge >= 0.3 is 0 Å². The number of hydrogen-bond donors (Lipinski definition) is 0. The molecule has 4 rings (SSSR count).